The molecule has 0 unspecified atom stereocenters. The molecule has 0 aliphatic carbocycles. The number of fused-ring (bicyclic) bond motifs is 1. The van der Waals surface area contributed by atoms with Crippen LogP contribution in [-0.2, 0) is 25.4 Å². The average Bonchev–Trinajstić information content (AvgIpc) is 2.96. The normalized spacial score (nSPS) is 16.6. The van der Waals surface area contributed by atoms with Crippen LogP contribution < -0.4 is 5.56 Å². The third kappa shape index (κ3) is 4.11. The van der Waals surface area contributed by atoms with Crippen molar-refractivity contribution in [1.29, 1.82) is 0 Å². The summed E-state index contributed by atoms with van der Waals surface area (Å²) in [6.45, 7) is -1.16. The third-order valence-corrected chi connectivity index (χ3v) is 5.45. The van der Waals surface area contributed by atoms with Crippen molar-refractivity contribution in [2.75, 3.05) is 13.6 Å². The predicted octanol–water partition coefficient (Wildman–Crippen LogP) is 3.28. The van der Waals surface area contributed by atoms with E-state index in [0.29, 0.717) is 21.5 Å². The number of carbonyl (C=O) groups excluding carboxylic acids is 1. The molecule has 27 heavy (non-hydrogen) atoms. The number of likely N-dealkylation sites (N-methyl/N-ethyl adjacent to an activating group) is 1. The maximum atomic E-state index is 14.1. The SMILES string of the molecule is CN1Cc2cc(C(=O)Cc3cc(F)c(=O)n(CC(F)F)c3)sc2C(F)(F)C1. The van der Waals surface area contributed by atoms with Gasteiger partial charge in [-0.3, -0.25) is 14.5 Å². The van der Waals surface area contributed by atoms with Crippen molar-refractivity contribution in [2.45, 2.75) is 31.9 Å². The molecule has 1 aliphatic heterocycles. The Kier molecular flexibility index (Phi) is 5.22. The molecule has 0 saturated heterocycles. The molecule has 3 heterocycles. The first-order valence-electron chi connectivity index (χ1n) is 7.96. The second-order valence-corrected chi connectivity index (χ2v) is 7.54. The lowest BCUT2D eigenvalue weighted by Gasteiger charge is -2.29. The van der Waals surface area contributed by atoms with E-state index < -0.39 is 42.6 Å². The highest BCUT2D eigenvalue weighted by Gasteiger charge is 2.41. The molecule has 2 aromatic heterocycles. The summed E-state index contributed by atoms with van der Waals surface area (Å²) in [4.78, 5) is 25.3. The van der Waals surface area contributed by atoms with Gasteiger partial charge in [0.15, 0.2) is 11.6 Å². The Bertz CT molecular complexity index is 938. The summed E-state index contributed by atoms with van der Waals surface area (Å²) < 4.78 is 67.4. The van der Waals surface area contributed by atoms with E-state index in [2.05, 4.69) is 0 Å². The molecule has 0 fully saturated rings. The maximum Gasteiger partial charge on any atom is 0.294 e. The Balaban J connectivity index is 1.87. The van der Waals surface area contributed by atoms with Crippen molar-refractivity contribution < 1.29 is 26.7 Å². The van der Waals surface area contributed by atoms with Crippen molar-refractivity contribution in [2.24, 2.45) is 0 Å². The van der Waals surface area contributed by atoms with Gasteiger partial charge in [0.25, 0.3) is 17.9 Å². The zero-order valence-electron chi connectivity index (χ0n) is 14.1. The summed E-state index contributed by atoms with van der Waals surface area (Å²) in [5.74, 6) is -4.86. The molecule has 2 aromatic rings. The Morgan fingerprint density at radius 3 is 2.70 bits per heavy atom. The van der Waals surface area contributed by atoms with Gasteiger partial charge in [0, 0.05) is 19.2 Å². The van der Waals surface area contributed by atoms with E-state index in [4.69, 9.17) is 0 Å². The van der Waals surface area contributed by atoms with Crippen molar-refractivity contribution in [1.82, 2.24) is 9.47 Å². The molecule has 0 saturated carbocycles. The van der Waals surface area contributed by atoms with Crippen LogP contribution in [0.3, 0.4) is 0 Å². The van der Waals surface area contributed by atoms with Gasteiger partial charge in [0.05, 0.1) is 22.8 Å². The van der Waals surface area contributed by atoms with Gasteiger partial charge in [-0.05, 0) is 30.3 Å². The number of aromatic nitrogens is 1. The Morgan fingerprint density at radius 1 is 1.33 bits per heavy atom. The molecule has 0 spiro atoms. The van der Waals surface area contributed by atoms with Gasteiger partial charge in [-0.1, -0.05) is 0 Å². The number of Topliss-reactive ketones (excluding diaryl/α,β-unsaturated/α-hetero) is 1. The maximum absolute atomic E-state index is 14.1. The lowest BCUT2D eigenvalue weighted by Crippen LogP contribution is -2.36. The fraction of sp³-hybridized carbons (Fsp3) is 0.412. The van der Waals surface area contributed by atoms with E-state index in [9.17, 15) is 31.5 Å². The molecule has 1 aliphatic rings. The number of ketones is 1. The Morgan fingerprint density at radius 2 is 2.04 bits per heavy atom. The highest BCUT2D eigenvalue weighted by molar-refractivity contribution is 7.14. The third-order valence-electron chi connectivity index (χ3n) is 4.12. The number of carbonyl (C=O) groups is 1. The molecule has 0 N–H and O–H groups in total. The minimum Gasteiger partial charge on any atom is -0.307 e. The van der Waals surface area contributed by atoms with Gasteiger partial charge in [-0.15, -0.1) is 11.3 Å². The number of hydrogen-bond acceptors (Lipinski definition) is 4. The lowest BCUT2D eigenvalue weighted by atomic mass is 10.1. The molecular formula is C17H15F5N2O2S. The molecule has 4 nitrogen and oxygen atoms in total. The first-order valence-corrected chi connectivity index (χ1v) is 8.78. The summed E-state index contributed by atoms with van der Waals surface area (Å²) in [5, 5.41) is 0. The second-order valence-electron chi connectivity index (χ2n) is 6.49. The van der Waals surface area contributed by atoms with E-state index in [-0.39, 0.29) is 28.3 Å². The molecule has 10 heteroatoms. The van der Waals surface area contributed by atoms with Crippen molar-refractivity contribution in [3.63, 3.8) is 0 Å². The zero-order chi connectivity index (χ0) is 19.9. The molecule has 0 amide bonds. The zero-order valence-corrected chi connectivity index (χ0v) is 15.0. The molecule has 0 radical (unpaired) electrons. The Hall–Kier alpha value is -2.07. The lowest BCUT2D eigenvalue weighted by molar-refractivity contribution is -0.0416. The standard InChI is InChI=1S/C17H15F5N2O2S/c1-23-6-10-4-13(27-15(10)17(21,22)8-23)12(25)3-9-2-11(18)16(26)24(5-9)7-14(19)20/h2,4-5,14H,3,6-8H2,1H3. The van der Waals surface area contributed by atoms with Gasteiger partial charge < -0.3 is 4.57 Å². The van der Waals surface area contributed by atoms with E-state index in [1.807, 2.05) is 0 Å². The van der Waals surface area contributed by atoms with Crippen molar-refractivity contribution in [3.05, 3.63) is 55.4 Å². The van der Waals surface area contributed by atoms with E-state index in [1.54, 1.807) is 7.05 Å². The second kappa shape index (κ2) is 7.16. The van der Waals surface area contributed by atoms with Gasteiger partial charge in [0.2, 0.25) is 0 Å². The van der Waals surface area contributed by atoms with Crippen LogP contribution in [0.5, 0.6) is 0 Å². The minimum absolute atomic E-state index is 0.0213. The quantitative estimate of drug-likeness (QED) is 0.566. The van der Waals surface area contributed by atoms with Crippen molar-refractivity contribution >= 4 is 17.1 Å². The topological polar surface area (TPSA) is 42.3 Å². The van der Waals surface area contributed by atoms with Crippen LogP contribution in [0.15, 0.2) is 23.1 Å². The molecular weight excluding hydrogens is 391 g/mol. The van der Waals surface area contributed by atoms with Crippen LogP contribution >= 0.6 is 11.3 Å². The van der Waals surface area contributed by atoms with Crippen molar-refractivity contribution in [3.8, 4) is 0 Å². The number of alkyl halides is 4. The molecule has 0 bridgehead atoms. The number of halogens is 5. The number of hydrogen-bond donors (Lipinski definition) is 0. The summed E-state index contributed by atoms with van der Waals surface area (Å²) in [6, 6.07) is 2.19. The fourth-order valence-electron chi connectivity index (χ4n) is 3.06. The van der Waals surface area contributed by atoms with E-state index in [1.165, 1.54) is 11.0 Å². The summed E-state index contributed by atoms with van der Waals surface area (Å²) in [5.41, 5.74) is -0.829. The minimum atomic E-state index is -3.07. The van der Waals surface area contributed by atoms with E-state index in [0.717, 1.165) is 12.3 Å². The van der Waals surface area contributed by atoms with Gasteiger partial charge in [0.1, 0.15) is 0 Å². The monoisotopic (exact) mass is 406 g/mol. The van der Waals surface area contributed by atoms with Crippen LogP contribution in [0.25, 0.3) is 0 Å². The predicted molar refractivity (Wildman–Crippen MR) is 89.2 cm³/mol. The van der Waals surface area contributed by atoms with Gasteiger partial charge in [-0.2, -0.15) is 8.78 Å². The van der Waals surface area contributed by atoms with Crippen LogP contribution in [0.1, 0.15) is 25.7 Å². The van der Waals surface area contributed by atoms with Crippen LogP contribution in [0, 0.1) is 5.82 Å². The molecule has 0 aromatic carbocycles. The van der Waals surface area contributed by atoms with Crippen LogP contribution in [0.4, 0.5) is 22.0 Å². The summed E-state index contributed by atoms with van der Waals surface area (Å²) >= 11 is 0.685. The van der Waals surface area contributed by atoms with Crippen LogP contribution in [-0.4, -0.2) is 35.3 Å². The summed E-state index contributed by atoms with van der Waals surface area (Å²) in [6.07, 6.45) is -2.26. The van der Waals surface area contributed by atoms with Crippen LogP contribution in [0.2, 0.25) is 0 Å². The molecule has 3 rings (SSSR count). The number of thiophene rings is 1. The first-order chi connectivity index (χ1) is 12.6. The molecule has 0 atom stereocenters. The first kappa shape index (κ1) is 19.7. The van der Waals surface area contributed by atoms with Gasteiger partial charge in [-0.25, -0.2) is 13.2 Å². The fourth-order valence-corrected chi connectivity index (χ4v) is 4.14. The Labute approximate surface area is 154 Å². The smallest absolute Gasteiger partial charge is 0.294 e. The average molecular weight is 406 g/mol. The number of pyridine rings is 1. The highest BCUT2D eigenvalue weighted by atomic mass is 32.1. The number of rotatable bonds is 5. The highest BCUT2D eigenvalue weighted by Crippen LogP contribution is 2.41. The number of nitrogens with zero attached hydrogens (tertiary/aromatic N) is 2. The summed E-state index contributed by atoms with van der Waals surface area (Å²) in [7, 11) is 1.55. The molecule has 146 valence electrons. The van der Waals surface area contributed by atoms with E-state index >= 15 is 0 Å². The van der Waals surface area contributed by atoms with Gasteiger partial charge >= 0.3 is 0 Å². The largest absolute Gasteiger partial charge is 0.307 e.